The van der Waals surface area contributed by atoms with Gasteiger partial charge >= 0.3 is 0 Å². The van der Waals surface area contributed by atoms with Crippen molar-refractivity contribution < 1.29 is 13.6 Å². The number of hydrogen-bond donors (Lipinski definition) is 0. The second-order valence-electron chi connectivity index (χ2n) is 4.69. The van der Waals surface area contributed by atoms with Crippen LogP contribution in [0.4, 0.5) is 8.78 Å². The third-order valence-corrected chi connectivity index (χ3v) is 3.55. The number of halogens is 2. The van der Waals surface area contributed by atoms with Gasteiger partial charge in [-0.25, -0.2) is 8.78 Å². The highest BCUT2D eigenvalue weighted by Gasteiger charge is 2.33. The van der Waals surface area contributed by atoms with E-state index in [9.17, 15) is 13.6 Å². The molecule has 0 aliphatic carbocycles. The summed E-state index contributed by atoms with van der Waals surface area (Å²) in [4.78, 5) is 12.0. The number of Topliss-reactive ketones (excluding diaryl/α,β-unsaturated/α-hetero) is 1. The van der Waals surface area contributed by atoms with Gasteiger partial charge in [0.15, 0.2) is 0 Å². The molecule has 0 unspecified atom stereocenters. The van der Waals surface area contributed by atoms with Crippen LogP contribution in [0.5, 0.6) is 0 Å². The summed E-state index contributed by atoms with van der Waals surface area (Å²) in [6.45, 7) is 3.24. The van der Waals surface area contributed by atoms with Crippen molar-refractivity contribution in [3.63, 3.8) is 0 Å². The summed E-state index contributed by atoms with van der Waals surface area (Å²) in [7, 11) is 0. The molecule has 0 fully saturated rings. The fourth-order valence-corrected chi connectivity index (χ4v) is 2.14. The van der Waals surface area contributed by atoms with Crippen molar-refractivity contribution in [1.82, 2.24) is 0 Å². The quantitative estimate of drug-likeness (QED) is 0.819. The van der Waals surface area contributed by atoms with Gasteiger partial charge in [-0.1, -0.05) is 24.3 Å². The molecule has 0 aliphatic rings. The first kappa shape index (κ1) is 13.4. The first-order chi connectivity index (χ1) is 8.94. The number of hydrogen-bond acceptors (Lipinski definition) is 1. The van der Waals surface area contributed by atoms with Crippen molar-refractivity contribution in [2.75, 3.05) is 0 Å². The van der Waals surface area contributed by atoms with Gasteiger partial charge in [-0.3, -0.25) is 4.79 Å². The molecule has 2 rings (SSSR count). The van der Waals surface area contributed by atoms with Crippen molar-refractivity contribution >= 4 is 5.78 Å². The van der Waals surface area contributed by atoms with E-state index in [1.165, 1.54) is 31.2 Å². The maximum absolute atomic E-state index is 13.0. The van der Waals surface area contributed by atoms with Crippen LogP contribution in [0.15, 0.2) is 48.5 Å². The Labute approximate surface area is 110 Å². The highest BCUT2D eigenvalue weighted by atomic mass is 19.1. The van der Waals surface area contributed by atoms with Gasteiger partial charge < -0.3 is 0 Å². The number of carbonyl (C=O) groups is 1. The van der Waals surface area contributed by atoms with Gasteiger partial charge in [0, 0.05) is 0 Å². The van der Waals surface area contributed by atoms with Gasteiger partial charge in [-0.05, 0) is 49.2 Å². The lowest BCUT2D eigenvalue weighted by molar-refractivity contribution is -0.120. The molecule has 19 heavy (non-hydrogen) atoms. The third kappa shape index (κ3) is 2.41. The summed E-state index contributed by atoms with van der Waals surface area (Å²) in [6.07, 6.45) is 0. The summed E-state index contributed by atoms with van der Waals surface area (Å²) in [6, 6.07) is 11.6. The van der Waals surface area contributed by atoms with Gasteiger partial charge in [0.2, 0.25) is 0 Å². The fraction of sp³-hybridized carbons (Fsp3) is 0.188. The van der Waals surface area contributed by atoms with Crippen LogP contribution in [-0.2, 0) is 10.2 Å². The maximum Gasteiger partial charge on any atom is 0.144 e. The maximum atomic E-state index is 13.0. The second kappa shape index (κ2) is 4.92. The molecule has 0 heterocycles. The molecule has 0 atom stereocenters. The topological polar surface area (TPSA) is 17.1 Å². The summed E-state index contributed by atoms with van der Waals surface area (Å²) < 4.78 is 26.0. The van der Waals surface area contributed by atoms with E-state index >= 15 is 0 Å². The Balaban J connectivity index is 2.57. The lowest BCUT2D eigenvalue weighted by atomic mass is 9.73. The summed E-state index contributed by atoms with van der Waals surface area (Å²) in [5.74, 6) is -0.784. The molecule has 3 heteroatoms. The average molecular weight is 260 g/mol. The van der Waals surface area contributed by atoms with Gasteiger partial charge in [0.1, 0.15) is 17.4 Å². The minimum Gasteiger partial charge on any atom is -0.299 e. The van der Waals surface area contributed by atoms with Crippen LogP contribution in [0.2, 0.25) is 0 Å². The molecule has 1 nitrogen and oxygen atoms in total. The van der Waals surface area contributed by atoms with Crippen molar-refractivity contribution in [1.29, 1.82) is 0 Å². The molecule has 0 radical (unpaired) electrons. The highest BCUT2D eigenvalue weighted by Crippen LogP contribution is 2.33. The van der Waals surface area contributed by atoms with Gasteiger partial charge in [0.25, 0.3) is 0 Å². The molecule has 0 N–H and O–H groups in total. The van der Waals surface area contributed by atoms with Crippen LogP contribution in [-0.4, -0.2) is 5.78 Å². The van der Waals surface area contributed by atoms with E-state index in [1.807, 2.05) is 0 Å². The number of carbonyl (C=O) groups excluding carboxylic acids is 1. The summed E-state index contributed by atoms with van der Waals surface area (Å²) in [5.41, 5.74) is 0.475. The molecule has 0 bridgehead atoms. The molecule has 0 aliphatic heterocycles. The molecule has 0 spiro atoms. The smallest absolute Gasteiger partial charge is 0.144 e. The van der Waals surface area contributed by atoms with E-state index < -0.39 is 5.41 Å². The molecule has 0 saturated heterocycles. The second-order valence-corrected chi connectivity index (χ2v) is 4.69. The normalized spacial score (nSPS) is 11.4. The van der Waals surface area contributed by atoms with Crippen LogP contribution >= 0.6 is 0 Å². The predicted octanol–water partition coefficient (Wildman–Crippen LogP) is 3.86. The molecular formula is C16H14F2O. The average Bonchev–Trinajstić information content (AvgIpc) is 2.39. The third-order valence-electron chi connectivity index (χ3n) is 3.55. The van der Waals surface area contributed by atoms with Crippen molar-refractivity contribution in [2.45, 2.75) is 19.3 Å². The van der Waals surface area contributed by atoms with Crippen LogP contribution in [0, 0.1) is 11.6 Å². The Morgan fingerprint density at radius 3 is 1.42 bits per heavy atom. The van der Waals surface area contributed by atoms with E-state index in [2.05, 4.69) is 0 Å². The lowest BCUT2D eigenvalue weighted by Gasteiger charge is -2.28. The SMILES string of the molecule is CC(=O)C(C)(c1ccc(F)cc1)c1ccc(F)cc1. The first-order valence-electron chi connectivity index (χ1n) is 5.97. The van der Waals surface area contributed by atoms with Crippen molar-refractivity contribution in [3.05, 3.63) is 71.3 Å². The van der Waals surface area contributed by atoms with Crippen molar-refractivity contribution in [3.8, 4) is 0 Å². The van der Waals surface area contributed by atoms with E-state index in [-0.39, 0.29) is 17.4 Å². The minimum atomic E-state index is -0.901. The molecule has 0 amide bonds. The highest BCUT2D eigenvalue weighted by molar-refractivity contribution is 5.91. The standard InChI is InChI=1S/C16H14F2O/c1-11(19)16(2,12-3-7-14(17)8-4-12)13-5-9-15(18)10-6-13/h3-10H,1-2H3. The van der Waals surface area contributed by atoms with Crippen LogP contribution in [0.25, 0.3) is 0 Å². The molecular weight excluding hydrogens is 246 g/mol. The fourth-order valence-electron chi connectivity index (χ4n) is 2.14. The number of benzene rings is 2. The molecule has 0 aromatic heterocycles. The minimum absolute atomic E-state index is 0.0780. The number of ketones is 1. The lowest BCUT2D eigenvalue weighted by Crippen LogP contribution is -2.32. The summed E-state index contributed by atoms with van der Waals surface area (Å²) in [5, 5.41) is 0. The van der Waals surface area contributed by atoms with Gasteiger partial charge in [0.05, 0.1) is 5.41 Å². The van der Waals surface area contributed by atoms with Crippen LogP contribution in [0.1, 0.15) is 25.0 Å². The Morgan fingerprint density at radius 1 is 0.842 bits per heavy atom. The Bertz CT molecular complexity index is 540. The molecule has 0 saturated carbocycles. The molecule has 2 aromatic carbocycles. The summed E-state index contributed by atoms with van der Waals surface area (Å²) >= 11 is 0. The zero-order valence-electron chi connectivity index (χ0n) is 10.8. The zero-order valence-corrected chi connectivity index (χ0v) is 10.8. The first-order valence-corrected chi connectivity index (χ1v) is 5.97. The van der Waals surface area contributed by atoms with E-state index in [0.29, 0.717) is 11.1 Å². The Hall–Kier alpha value is -2.03. The Kier molecular flexibility index (Phi) is 3.47. The molecule has 2 aromatic rings. The molecule has 98 valence electrons. The van der Waals surface area contributed by atoms with Gasteiger partial charge in [-0.2, -0.15) is 0 Å². The van der Waals surface area contributed by atoms with E-state index in [0.717, 1.165) is 0 Å². The number of rotatable bonds is 3. The van der Waals surface area contributed by atoms with Crippen LogP contribution < -0.4 is 0 Å². The zero-order chi connectivity index (χ0) is 14.0. The van der Waals surface area contributed by atoms with E-state index in [1.54, 1.807) is 31.2 Å². The largest absolute Gasteiger partial charge is 0.299 e. The predicted molar refractivity (Wildman–Crippen MR) is 69.9 cm³/mol. The van der Waals surface area contributed by atoms with E-state index in [4.69, 9.17) is 0 Å². The van der Waals surface area contributed by atoms with Crippen molar-refractivity contribution in [2.24, 2.45) is 0 Å². The Morgan fingerprint density at radius 2 is 1.16 bits per heavy atom. The van der Waals surface area contributed by atoms with Crippen LogP contribution in [0.3, 0.4) is 0 Å². The van der Waals surface area contributed by atoms with Gasteiger partial charge in [-0.15, -0.1) is 0 Å². The monoisotopic (exact) mass is 260 g/mol.